The van der Waals surface area contributed by atoms with Gasteiger partial charge in [0.25, 0.3) is 0 Å². The fourth-order valence-electron chi connectivity index (χ4n) is 2.81. The molecule has 2 aromatic rings. The average molecular weight is 456 g/mol. The molecule has 136 valence electrons. The van der Waals surface area contributed by atoms with E-state index in [-0.39, 0.29) is 24.0 Å². The second-order valence-corrected chi connectivity index (χ2v) is 5.77. The highest BCUT2D eigenvalue weighted by atomic mass is 127. The van der Waals surface area contributed by atoms with Crippen LogP contribution in [0.5, 0.6) is 5.75 Å². The number of hydrogen-bond acceptors (Lipinski definition) is 4. The third-order valence-electron chi connectivity index (χ3n) is 4.19. The first-order valence-electron chi connectivity index (χ1n) is 8.28. The SMILES string of the molecule is CN=C(NCc1ccc(OC)cc1)NCc1nnc2n1CCCC2.I. The molecule has 25 heavy (non-hydrogen) atoms. The van der Waals surface area contributed by atoms with Gasteiger partial charge in [-0.3, -0.25) is 4.99 Å². The van der Waals surface area contributed by atoms with Crippen molar-refractivity contribution in [1.82, 2.24) is 25.4 Å². The van der Waals surface area contributed by atoms with E-state index >= 15 is 0 Å². The molecule has 2 heterocycles. The van der Waals surface area contributed by atoms with Crippen molar-refractivity contribution in [2.45, 2.75) is 38.9 Å². The van der Waals surface area contributed by atoms with Gasteiger partial charge in [-0.05, 0) is 30.5 Å². The lowest BCUT2D eigenvalue weighted by atomic mass is 10.2. The number of methoxy groups -OCH3 is 1. The van der Waals surface area contributed by atoms with E-state index in [0.717, 1.165) is 36.3 Å². The Bertz CT molecular complexity index is 698. The Kier molecular flexibility index (Phi) is 7.48. The van der Waals surface area contributed by atoms with Crippen molar-refractivity contribution in [3.05, 3.63) is 41.5 Å². The lowest BCUT2D eigenvalue weighted by Crippen LogP contribution is -2.37. The van der Waals surface area contributed by atoms with Crippen LogP contribution in [0.4, 0.5) is 0 Å². The van der Waals surface area contributed by atoms with E-state index < -0.39 is 0 Å². The topological polar surface area (TPSA) is 76.4 Å². The molecular weight excluding hydrogens is 431 g/mol. The van der Waals surface area contributed by atoms with Crippen molar-refractivity contribution in [2.24, 2.45) is 4.99 Å². The van der Waals surface area contributed by atoms with Gasteiger partial charge in [-0.25, -0.2) is 0 Å². The average Bonchev–Trinajstić information content (AvgIpc) is 3.05. The lowest BCUT2D eigenvalue weighted by Gasteiger charge is -2.16. The summed E-state index contributed by atoms with van der Waals surface area (Å²) < 4.78 is 7.39. The number of aromatic nitrogens is 3. The van der Waals surface area contributed by atoms with Gasteiger partial charge in [0.2, 0.25) is 0 Å². The van der Waals surface area contributed by atoms with Gasteiger partial charge in [0.15, 0.2) is 11.8 Å². The number of fused-ring (bicyclic) bond motifs is 1. The third kappa shape index (κ3) is 5.07. The molecule has 1 aliphatic rings. The van der Waals surface area contributed by atoms with E-state index in [0.29, 0.717) is 13.1 Å². The van der Waals surface area contributed by atoms with Crippen LogP contribution in [0.25, 0.3) is 0 Å². The number of ether oxygens (including phenoxy) is 1. The smallest absolute Gasteiger partial charge is 0.191 e. The molecule has 7 nitrogen and oxygen atoms in total. The Morgan fingerprint density at radius 3 is 2.64 bits per heavy atom. The van der Waals surface area contributed by atoms with E-state index in [4.69, 9.17) is 4.74 Å². The predicted molar refractivity (Wildman–Crippen MR) is 108 cm³/mol. The standard InChI is InChI=1S/C17H24N6O.HI/c1-18-17(19-11-13-6-8-14(24-2)9-7-13)20-12-16-22-21-15-5-3-4-10-23(15)16;/h6-9H,3-5,10-12H2,1-2H3,(H2,18,19,20);1H. The molecule has 1 aliphatic heterocycles. The second-order valence-electron chi connectivity index (χ2n) is 5.77. The molecule has 0 atom stereocenters. The maximum atomic E-state index is 5.17. The Morgan fingerprint density at radius 1 is 1.16 bits per heavy atom. The summed E-state index contributed by atoms with van der Waals surface area (Å²) in [5, 5.41) is 15.2. The molecule has 0 spiro atoms. The Hall–Kier alpha value is -1.84. The first-order valence-corrected chi connectivity index (χ1v) is 8.28. The molecule has 2 N–H and O–H groups in total. The largest absolute Gasteiger partial charge is 0.497 e. The van der Waals surface area contributed by atoms with Gasteiger partial charge in [-0.2, -0.15) is 0 Å². The molecule has 0 saturated carbocycles. The minimum absolute atomic E-state index is 0. The van der Waals surface area contributed by atoms with Crippen LogP contribution in [-0.2, 0) is 26.1 Å². The predicted octanol–water partition coefficient (Wildman–Crippen LogP) is 2.11. The zero-order valence-corrected chi connectivity index (χ0v) is 17.0. The number of benzene rings is 1. The van der Waals surface area contributed by atoms with E-state index in [9.17, 15) is 0 Å². The molecule has 0 amide bonds. The Morgan fingerprint density at radius 2 is 1.92 bits per heavy atom. The highest BCUT2D eigenvalue weighted by Gasteiger charge is 2.15. The number of guanidine groups is 1. The van der Waals surface area contributed by atoms with Crippen molar-refractivity contribution in [3.8, 4) is 5.75 Å². The Balaban J connectivity index is 0.00000225. The monoisotopic (exact) mass is 456 g/mol. The first-order chi connectivity index (χ1) is 11.8. The zero-order chi connectivity index (χ0) is 16.8. The highest BCUT2D eigenvalue weighted by Crippen LogP contribution is 2.14. The summed E-state index contributed by atoms with van der Waals surface area (Å²) in [5.41, 5.74) is 1.17. The first kappa shape index (κ1) is 19.5. The summed E-state index contributed by atoms with van der Waals surface area (Å²) in [7, 11) is 3.44. The number of rotatable bonds is 5. The fraction of sp³-hybridized carbons (Fsp3) is 0.471. The summed E-state index contributed by atoms with van der Waals surface area (Å²) in [6.07, 6.45) is 3.43. The number of hydrogen-bond donors (Lipinski definition) is 2. The van der Waals surface area contributed by atoms with Crippen molar-refractivity contribution < 1.29 is 4.74 Å². The van der Waals surface area contributed by atoms with Crippen LogP contribution in [0, 0.1) is 0 Å². The number of nitrogens with one attached hydrogen (secondary N) is 2. The van der Waals surface area contributed by atoms with E-state index in [1.54, 1.807) is 14.2 Å². The van der Waals surface area contributed by atoms with Crippen LogP contribution < -0.4 is 15.4 Å². The van der Waals surface area contributed by atoms with Crippen LogP contribution in [0.1, 0.15) is 30.1 Å². The van der Waals surface area contributed by atoms with Crippen molar-refractivity contribution in [1.29, 1.82) is 0 Å². The maximum absolute atomic E-state index is 5.17. The summed E-state index contributed by atoms with van der Waals surface area (Å²) in [6, 6.07) is 7.98. The maximum Gasteiger partial charge on any atom is 0.191 e. The number of nitrogens with zero attached hydrogens (tertiary/aromatic N) is 4. The molecule has 0 saturated heterocycles. The molecular formula is C17H25IN6O. The molecule has 0 radical (unpaired) electrons. The second kappa shape index (κ2) is 9.59. The van der Waals surface area contributed by atoms with Gasteiger partial charge >= 0.3 is 0 Å². The van der Waals surface area contributed by atoms with Crippen LogP contribution in [-0.4, -0.2) is 34.9 Å². The lowest BCUT2D eigenvalue weighted by molar-refractivity contribution is 0.414. The number of aryl methyl sites for hydroxylation is 1. The zero-order valence-electron chi connectivity index (χ0n) is 14.7. The van der Waals surface area contributed by atoms with Crippen LogP contribution in [0.15, 0.2) is 29.3 Å². The summed E-state index contributed by atoms with van der Waals surface area (Å²) in [4.78, 5) is 4.26. The van der Waals surface area contributed by atoms with Crippen LogP contribution in [0.2, 0.25) is 0 Å². The quantitative estimate of drug-likeness (QED) is 0.410. The fourth-order valence-corrected chi connectivity index (χ4v) is 2.81. The van der Waals surface area contributed by atoms with E-state index in [1.165, 1.54) is 18.4 Å². The van der Waals surface area contributed by atoms with Crippen molar-refractivity contribution in [3.63, 3.8) is 0 Å². The minimum Gasteiger partial charge on any atom is -0.497 e. The summed E-state index contributed by atoms with van der Waals surface area (Å²) >= 11 is 0. The van der Waals surface area contributed by atoms with Gasteiger partial charge in [-0.1, -0.05) is 12.1 Å². The molecule has 0 unspecified atom stereocenters. The Labute approximate surface area is 165 Å². The molecule has 0 fully saturated rings. The molecule has 1 aromatic heterocycles. The molecule has 3 rings (SSSR count). The number of halogens is 1. The van der Waals surface area contributed by atoms with Gasteiger partial charge in [-0.15, -0.1) is 34.2 Å². The van der Waals surface area contributed by atoms with E-state index in [1.807, 2.05) is 24.3 Å². The van der Waals surface area contributed by atoms with Gasteiger partial charge in [0, 0.05) is 26.6 Å². The van der Waals surface area contributed by atoms with Crippen LogP contribution >= 0.6 is 24.0 Å². The normalized spacial score (nSPS) is 13.6. The van der Waals surface area contributed by atoms with Gasteiger partial charge in [0.05, 0.1) is 13.7 Å². The third-order valence-corrected chi connectivity index (χ3v) is 4.19. The molecule has 1 aromatic carbocycles. The molecule has 0 bridgehead atoms. The van der Waals surface area contributed by atoms with Crippen LogP contribution in [0.3, 0.4) is 0 Å². The van der Waals surface area contributed by atoms with Crippen molar-refractivity contribution >= 4 is 29.9 Å². The minimum atomic E-state index is 0. The molecule has 8 heteroatoms. The van der Waals surface area contributed by atoms with Gasteiger partial charge < -0.3 is 19.9 Å². The van der Waals surface area contributed by atoms with Crippen molar-refractivity contribution in [2.75, 3.05) is 14.2 Å². The number of aliphatic imine (C=N–C) groups is 1. The highest BCUT2D eigenvalue weighted by molar-refractivity contribution is 14.0. The summed E-state index contributed by atoms with van der Waals surface area (Å²) in [6.45, 7) is 2.33. The van der Waals surface area contributed by atoms with E-state index in [2.05, 4.69) is 30.4 Å². The molecule has 0 aliphatic carbocycles. The van der Waals surface area contributed by atoms with Gasteiger partial charge in [0.1, 0.15) is 11.6 Å². The summed E-state index contributed by atoms with van der Waals surface area (Å²) in [5.74, 6) is 3.67.